The van der Waals surface area contributed by atoms with Gasteiger partial charge in [-0.15, -0.1) is 0 Å². The number of hydrogen-bond donors (Lipinski definition) is 3. The van der Waals surface area contributed by atoms with Crippen LogP contribution in [-0.4, -0.2) is 36.0 Å². The van der Waals surface area contributed by atoms with Gasteiger partial charge in [-0.1, -0.05) is 0 Å². The average molecular weight is 346 g/mol. The van der Waals surface area contributed by atoms with Crippen molar-refractivity contribution >= 4 is 17.7 Å². The van der Waals surface area contributed by atoms with E-state index < -0.39 is 11.7 Å². The molecule has 4 aliphatic rings. The SMILES string of the molecule is COC(=O)c1ccc(NC(=O)NC23CC4CC(CC(C4)O2)C3)cc1O. The van der Waals surface area contributed by atoms with E-state index in [4.69, 9.17) is 4.74 Å². The number of methoxy groups -OCH3 is 1. The second-order valence-corrected chi connectivity index (χ2v) is 7.38. The van der Waals surface area contributed by atoms with E-state index in [2.05, 4.69) is 15.4 Å². The van der Waals surface area contributed by atoms with Crippen molar-refractivity contribution in [2.45, 2.75) is 43.9 Å². The molecular weight excluding hydrogens is 324 g/mol. The third-order valence-electron chi connectivity index (χ3n) is 5.49. The first-order chi connectivity index (χ1) is 12.0. The monoisotopic (exact) mass is 346 g/mol. The molecule has 2 unspecified atom stereocenters. The molecule has 7 nitrogen and oxygen atoms in total. The molecular formula is C18H22N2O5. The fourth-order valence-electron chi connectivity index (χ4n) is 4.76. The van der Waals surface area contributed by atoms with Crippen LogP contribution in [0.1, 0.15) is 42.5 Å². The van der Waals surface area contributed by atoms with Crippen LogP contribution < -0.4 is 10.6 Å². The summed E-state index contributed by atoms with van der Waals surface area (Å²) >= 11 is 0. The molecule has 25 heavy (non-hydrogen) atoms. The van der Waals surface area contributed by atoms with E-state index in [1.165, 1.54) is 25.7 Å². The van der Waals surface area contributed by atoms with E-state index in [-0.39, 0.29) is 23.4 Å². The van der Waals surface area contributed by atoms with Gasteiger partial charge in [-0.05, 0) is 56.1 Å². The topological polar surface area (TPSA) is 96.9 Å². The molecule has 134 valence electrons. The fraction of sp³-hybridized carbons (Fsp3) is 0.556. The normalized spacial score (nSPS) is 32.3. The maximum Gasteiger partial charge on any atom is 0.341 e. The number of amides is 2. The molecule has 1 aromatic rings. The van der Waals surface area contributed by atoms with Gasteiger partial charge in [0, 0.05) is 11.8 Å². The zero-order chi connectivity index (χ0) is 17.6. The number of anilines is 1. The largest absolute Gasteiger partial charge is 0.507 e. The van der Waals surface area contributed by atoms with E-state index in [9.17, 15) is 14.7 Å². The van der Waals surface area contributed by atoms with Crippen LogP contribution in [0.5, 0.6) is 5.75 Å². The maximum absolute atomic E-state index is 12.4. The smallest absolute Gasteiger partial charge is 0.341 e. The van der Waals surface area contributed by atoms with Gasteiger partial charge >= 0.3 is 12.0 Å². The third kappa shape index (κ3) is 3.04. The number of carbonyl (C=O) groups is 2. The van der Waals surface area contributed by atoms with Crippen LogP contribution in [0.4, 0.5) is 10.5 Å². The van der Waals surface area contributed by atoms with E-state index in [1.54, 1.807) is 6.07 Å². The lowest BCUT2D eigenvalue weighted by molar-refractivity contribution is -0.227. The molecule has 0 spiro atoms. The minimum absolute atomic E-state index is 0.0536. The number of aromatic hydroxyl groups is 1. The van der Waals surface area contributed by atoms with Crippen LogP contribution in [0.3, 0.4) is 0 Å². The Kier molecular flexibility index (Phi) is 3.83. The minimum atomic E-state index is -0.629. The first kappa shape index (κ1) is 16.2. The van der Waals surface area contributed by atoms with Gasteiger partial charge < -0.3 is 25.2 Å². The average Bonchev–Trinajstić information content (AvgIpc) is 2.52. The first-order valence-electron chi connectivity index (χ1n) is 8.65. The van der Waals surface area contributed by atoms with E-state index in [1.807, 2.05) is 0 Å². The van der Waals surface area contributed by atoms with Gasteiger partial charge in [0.1, 0.15) is 17.0 Å². The lowest BCUT2D eigenvalue weighted by Crippen LogP contribution is -2.63. The molecule has 2 saturated heterocycles. The highest BCUT2D eigenvalue weighted by molar-refractivity contribution is 5.95. The second kappa shape index (κ2) is 5.91. The van der Waals surface area contributed by atoms with Crippen LogP contribution >= 0.6 is 0 Å². The van der Waals surface area contributed by atoms with Crippen LogP contribution in [0, 0.1) is 11.8 Å². The molecule has 7 heteroatoms. The van der Waals surface area contributed by atoms with E-state index in [0.717, 1.165) is 25.7 Å². The van der Waals surface area contributed by atoms with Crippen LogP contribution in [0.15, 0.2) is 18.2 Å². The molecule has 4 fully saturated rings. The molecule has 2 amide bonds. The Morgan fingerprint density at radius 3 is 2.56 bits per heavy atom. The molecule has 2 heterocycles. The summed E-state index contributed by atoms with van der Waals surface area (Å²) in [6.07, 6.45) is 5.43. The van der Waals surface area contributed by atoms with Gasteiger partial charge in [0.25, 0.3) is 0 Å². The summed E-state index contributed by atoms with van der Waals surface area (Å²) in [4.78, 5) is 23.9. The second-order valence-electron chi connectivity index (χ2n) is 7.38. The Labute approximate surface area is 145 Å². The van der Waals surface area contributed by atoms with Crippen molar-refractivity contribution in [1.29, 1.82) is 0 Å². The molecule has 3 N–H and O–H groups in total. The summed E-state index contributed by atoms with van der Waals surface area (Å²) in [5.41, 5.74) is -0.113. The lowest BCUT2D eigenvalue weighted by atomic mass is 9.65. The summed E-state index contributed by atoms with van der Waals surface area (Å²) in [5.74, 6) is 0.399. The van der Waals surface area contributed by atoms with Gasteiger partial charge in [-0.2, -0.15) is 0 Å². The predicted octanol–water partition coefficient (Wildman–Crippen LogP) is 2.61. The molecule has 2 saturated carbocycles. The quantitative estimate of drug-likeness (QED) is 0.731. The number of benzene rings is 1. The van der Waals surface area contributed by atoms with Crippen molar-refractivity contribution in [2.24, 2.45) is 11.8 Å². The fourth-order valence-corrected chi connectivity index (χ4v) is 4.76. The number of phenolic OH excluding ortho intramolecular Hbond substituents is 1. The highest BCUT2D eigenvalue weighted by atomic mass is 16.5. The molecule has 1 aromatic carbocycles. The van der Waals surface area contributed by atoms with Crippen molar-refractivity contribution in [3.8, 4) is 5.75 Å². The molecule has 4 bridgehead atoms. The van der Waals surface area contributed by atoms with Gasteiger partial charge in [0.2, 0.25) is 0 Å². The number of nitrogens with one attached hydrogen (secondary N) is 2. The summed E-state index contributed by atoms with van der Waals surface area (Å²) in [6.45, 7) is 0. The van der Waals surface area contributed by atoms with Crippen molar-refractivity contribution in [1.82, 2.24) is 5.32 Å². The third-order valence-corrected chi connectivity index (χ3v) is 5.49. The molecule has 0 aromatic heterocycles. The molecule has 0 radical (unpaired) electrons. The van der Waals surface area contributed by atoms with Crippen LogP contribution in [0.25, 0.3) is 0 Å². The number of hydrogen-bond acceptors (Lipinski definition) is 5. The summed E-state index contributed by atoms with van der Waals surface area (Å²) in [6, 6.07) is 3.92. The van der Waals surface area contributed by atoms with Crippen LogP contribution in [-0.2, 0) is 9.47 Å². The Morgan fingerprint density at radius 1 is 1.24 bits per heavy atom. The van der Waals surface area contributed by atoms with Gasteiger partial charge in [0.15, 0.2) is 0 Å². The number of phenols is 1. The van der Waals surface area contributed by atoms with Crippen molar-refractivity contribution in [2.75, 3.05) is 12.4 Å². The maximum atomic E-state index is 12.4. The molecule has 2 aliphatic heterocycles. The number of carbonyl (C=O) groups excluding carboxylic acids is 2. The van der Waals surface area contributed by atoms with E-state index in [0.29, 0.717) is 17.5 Å². The molecule has 2 aliphatic carbocycles. The Balaban J connectivity index is 1.43. The predicted molar refractivity (Wildman–Crippen MR) is 89.3 cm³/mol. The summed E-state index contributed by atoms with van der Waals surface area (Å²) in [5, 5.41) is 15.6. The number of rotatable bonds is 3. The standard InChI is InChI=1S/C18H22N2O5/c1-24-16(22)14-3-2-12(7-15(14)21)19-17(23)20-18-8-10-4-11(9-18)6-13(5-10)25-18/h2-3,7,10-11,13,21H,4-6,8-9H2,1H3,(H2,19,20,23). The summed E-state index contributed by atoms with van der Waals surface area (Å²) < 4.78 is 10.7. The van der Waals surface area contributed by atoms with Gasteiger partial charge in [-0.25, -0.2) is 9.59 Å². The lowest BCUT2D eigenvalue weighted by Gasteiger charge is -2.56. The first-order valence-corrected chi connectivity index (χ1v) is 8.65. The highest BCUT2D eigenvalue weighted by Crippen LogP contribution is 2.51. The van der Waals surface area contributed by atoms with Crippen molar-refractivity contribution in [3.05, 3.63) is 23.8 Å². The van der Waals surface area contributed by atoms with Crippen molar-refractivity contribution in [3.63, 3.8) is 0 Å². The Hall–Kier alpha value is -2.28. The Bertz CT molecular complexity index is 682. The number of urea groups is 1. The zero-order valence-corrected chi connectivity index (χ0v) is 14.1. The number of ether oxygens (including phenoxy) is 2. The minimum Gasteiger partial charge on any atom is -0.507 e. The Morgan fingerprint density at radius 2 is 1.96 bits per heavy atom. The van der Waals surface area contributed by atoms with Crippen molar-refractivity contribution < 1.29 is 24.2 Å². The van der Waals surface area contributed by atoms with E-state index >= 15 is 0 Å². The molecule has 5 rings (SSSR count). The molecule has 2 atom stereocenters. The van der Waals surface area contributed by atoms with Gasteiger partial charge in [0.05, 0.1) is 13.2 Å². The van der Waals surface area contributed by atoms with Gasteiger partial charge in [-0.3, -0.25) is 0 Å². The summed E-state index contributed by atoms with van der Waals surface area (Å²) in [7, 11) is 1.24. The van der Waals surface area contributed by atoms with Crippen LogP contribution in [0.2, 0.25) is 0 Å². The zero-order valence-electron chi connectivity index (χ0n) is 14.1. The number of esters is 1. The highest BCUT2D eigenvalue weighted by Gasteiger charge is 2.52.